The van der Waals surface area contributed by atoms with Crippen LogP contribution >= 0.6 is 0 Å². The van der Waals surface area contributed by atoms with Crippen LogP contribution in [0.15, 0.2) is 28.8 Å². The van der Waals surface area contributed by atoms with Crippen molar-refractivity contribution in [3.8, 4) is 5.75 Å². The Morgan fingerprint density at radius 3 is 2.75 bits per heavy atom. The predicted octanol–water partition coefficient (Wildman–Crippen LogP) is 2.51. The highest BCUT2D eigenvalue weighted by molar-refractivity contribution is 5.35. The van der Waals surface area contributed by atoms with E-state index in [0.29, 0.717) is 18.1 Å². The van der Waals surface area contributed by atoms with Crippen LogP contribution in [-0.2, 0) is 6.42 Å². The summed E-state index contributed by atoms with van der Waals surface area (Å²) in [5, 5.41) is 4.04. The van der Waals surface area contributed by atoms with E-state index in [9.17, 15) is 0 Å². The van der Waals surface area contributed by atoms with Crippen molar-refractivity contribution in [2.45, 2.75) is 38.6 Å². The Hall–Kier alpha value is -1.88. The van der Waals surface area contributed by atoms with Gasteiger partial charge in [-0.15, -0.1) is 0 Å². The Kier molecular flexibility index (Phi) is 4.74. The summed E-state index contributed by atoms with van der Waals surface area (Å²) in [6, 6.07) is 7.83. The van der Waals surface area contributed by atoms with Gasteiger partial charge in [-0.25, -0.2) is 0 Å². The molecule has 5 heteroatoms. The molecule has 2 N–H and O–H groups in total. The third-order valence-corrected chi connectivity index (χ3v) is 3.42. The maximum Gasteiger partial charge on any atom is 0.231 e. The number of nitrogens with two attached hydrogens (primary N) is 1. The highest BCUT2D eigenvalue weighted by Crippen LogP contribution is 2.23. The average Bonchev–Trinajstić information content (AvgIpc) is 2.88. The van der Waals surface area contributed by atoms with Crippen LogP contribution in [0.3, 0.4) is 0 Å². The summed E-state index contributed by atoms with van der Waals surface area (Å²) >= 11 is 0. The number of para-hydroxylation sites is 1. The first-order valence-corrected chi connectivity index (χ1v) is 6.85. The van der Waals surface area contributed by atoms with Crippen LogP contribution in [0.1, 0.15) is 43.5 Å². The highest BCUT2D eigenvalue weighted by atomic mass is 16.5. The molecule has 0 bridgehead atoms. The van der Waals surface area contributed by atoms with Crippen molar-refractivity contribution in [2.75, 3.05) is 7.11 Å². The smallest absolute Gasteiger partial charge is 0.231 e. The zero-order valence-corrected chi connectivity index (χ0v) is 12.2. The Bertz CT molecular complexity index is 552. The summed E-state index contributed by atoms with van der Waals surface area (Å²) in [5.41, 5.74) is 6.98. The summed E-state index contributed by atoms with van der Waals surface area (Å²) in [5.74, 6) is 2.21. The third kappa shape index (κ3) is 3.17. The summed E-state index contributed by atoms with van der Waals surface area (Å²) in [7, 11) is 1.66. The summed E-state index contributed by atoms with van der Waals surface area (Å²) in [4.78, 5) is 4.46. The van der Waals surface area contributed by atoms with Crippen LogP contribution in [0.4, 0.5) is 0 Å². The first-order valence-electron chi connectivity index (χ1n) is 6.85. The molecule has 2 rings (SSSR count). The topological polar surface area (TPSA) is 74.2 Å². The van der Waals surface area contributed by atoms with Crippen LogP contribution in [0, 0.1) is 0 Å². The second kappa shape index (κ2) is 6.52. The molecule has 0 saturated heterocycles. The highest BCUT2D eigenvalue weighted by Gasteiger charge is 2.21. The quantitative estimate of drug-likeness (QED) is 0.876. The maximum absolute atomic E-state index is 5.94. The van der Waals surface area contributed by atoms with Gasteiger partial charge in [0.05, 0.1) is 13.0 Å². The first kappa shape index (κ1) is 14.5. The normalized spacial score (nSPS) is 14.0. The fourth-order valence-electron chi connectivity index (χ4n) is 2.28. The number of ether oxygens (including phenoxy) is 1. The van der Waals surface area contributed by atoms with Gasteiger partial charge in [-0.3, -0.25) is 0 Å². The Morgan fingerprint density at radius 2 is 2.10 bits per heavy atom. The van der Waals surface area contributed by atoms with Crippen LogP contribution in [-0.4, -0.2) is 23.3 Å². The molecule has 1 aromatic carbocycles. The molecule has 2 unspecified atom stereocenters. The van der Waals surface area contributed by atoms with Crippen molar-refractivity contribution >= 4 is 0 Å². The zero-order chi connectivity index (χ0) is 14.5. The van der Waals surface area contributed by atoms with Gasteiger partial charge >= 0.3 is 0 Å². The van der Waals surface area contributed by atoms with Crippen molar-refractivity contribution in [3.05, 3.63) is 41.5 Å². The summed E-state index contributed by atoms with van der Waals surface area (Å²) < 4.78 is 10.7. The number of benzene rings is 1. The average molecular weight is 275 g/mol. The SMILES string of the molecule is CCC(c1nc(Cc2ccccc2OC)no1)C(C)N. The van der Waals surface area contributed by atoms with Gasteiger partial charge in [0.25, 0.3) is 0 Å². The van der Waals surface area contributed by atoms with Crippen molar-refractivity contribution in [1.29, 1.82) is 0 Å². The number of hydrogen-bond donors (Lipinski definition) is 1. The molecule has 5 nitrogen and oxygen atoms in total. The minimum atomic E-state index is -0.000406. The van der Waals surface area contributed by atoms with E-state index < -0.39 is 0 Å². The van der Waals surface area contributed by atoms with Gasteiger partial charge in [-0.1, -0.05) is 30.3 Å². The van der Waals surface area contributed by atoms with Crippen LogP contribution in [0.25, 0.3) is 0 Å². The van der Waals surface area contributed by atoms with Crippen molar-refractivity contribution in [1.82, 2.24) is 10.1 Å². The lowest BCUT2D eigenvalue weighted by Crippen LogP contribution is -2.24. The minimum absolute atomic E-state index is 0.000406. The predicted molar refractivity (Wildman–Crippen MR) is 76.8 cm³/mol. The molecule has 0 aliphatic heterocycles. The van der Waals surface area contributed by atoms with E-state index in [-0.39, 0.29) is 12.0 Å². The van der Waals surface area contributed by atoms with Gasteiger partial charge in [0.15, 0.2) is 5.82 Å². The first-order chi connectivity index (χ1) is 9.65. The molecule has 0 saturated carbocycles. The minimum Gasteiger partial charge on any atom is -0.496 e. The molecule has 0 spiro atoms. The summed E-state index contributed by atoms with van der Waals surface area (Å²) in [6.45, 7) is 4.02. The molecule has 2 atom stereocenters. The van der Waals surface area contributed by atoms with E-state index in [1.807, 2.05) is 31.2 Å². The third-order valence-electron chi connectivity index (χ3n) is 3.42. The molecule has 1 heterocycles. The van der Waals surface area contributed by atoms with Crippen LogP contribution in [0.2, 0.25) is 0 Å². The molecule has 20 heavy (non-hydrogen) atoms. The van der Waals surface area contributed by atoms with Crippen molar-refractivity contribution in [2.24, 2.45) is 5.73 Å². The maximum atomic E-state index is 5.94. The molecule has 2 aromatic rings. The monoisotopic (exact) mass is 275 g/mol. The van der Waals surface area contributed by atoms with E-state index in [1.54, 1.807) is 7.11 Å². The van der Waals surface area contributed by atoms with Crippen LogP contribution < -0.4 is 10.5 Å². The molecule has 0 aliphatic carbocycles. The van der Waals surface area contributed by atoms with Gasteiger partial charge in [-0.05, 0) is 19.4 Å². The van der Waals surface area contributed by atoms with Gasteiger partial charge < -0.3 is 15.0 Å². The molecule has 0 amide bonds. The Morgan fingerprint density at radius 1 is 1.35 bits per heavy atom. The fourth-order valence-corrected chi connectivity index (χ4v) is 2.28. The van der Waals surface area contributed by atoms with E-state index in [4.69, 9.17) is 15.0 Å². The molecule has 1 aromatic heterocycles. The second-order valence-electron chi connectivity index (χ2n) is 4.91. The Labute approximate surface area is 119 Å². The van der Waals surface area contributed by atoms with Crippen LogP contribution in [0.5, 0.6) is 5.75 Å². The lowest BCUT2D eigenvalue weighted by atomic mass is 9.99. The van der Waals surface area contributed by atoms with E-state index >= 15 is 0 Å². The van der Waals surface area contributed by atoms with Crippen molar-refractivity contribution in [3.63, 3.8) is 0 Å². The number of aromatic nitrogens is 2. The molecule has 0 fully saturated rings. The molecule has 108 valence electrons. The van der Waals surface area contributed by atoms with E-state index in [2.05, 4.69) is 17.1 Å². The van der Waals surface area contributed by atoms with Crippen molar-refractivity contribution < 1.29 is 9.26 Å². The second-order valence-corrected chi connectivity index (χ2v) is 4.91. The zero-order valence-electron chi connectivity index (χ0n) is 12.2. The molecular weight excluding hydrogens is 254 g/mol. The summed E-state index contributed by atoms with van der Waals surface area (Å²) in [6.07, 6.45) is 1.47. The van der Waals surface area contributed by atoms with E-state index in [1.165, 1.54) is 0 Å². The molecule has 0 aliphatic rings. The standard InChI is InChI=1S/C15H21N3O2/c1-4-12(10(2)16)15-17-14(18-20-15)9-11-7-5-6-8-13(11)19-3/h5-8,10,12H,4,9,16H2,1-3H3. The van der Waals surface area contributed by atoms with Gasteiger partial charge in [0.2, 0.25) is 5.89 Å². The molecule has 0 radical (unpaired) electrons. The lowest BCUT2D eigenvalue weighted by molar-refractivity contribution is 0.331. The van der Waals surface area contributed by atoms with Gasteiger partial charge in [0, 0.05) is 18.0 Å². The lowest BCUT2D eigenvalue weighted by Gasteiger charge is -2.13. The van der Waals surface area contributed by atoms with Gasteiger partial charge in [-0.2, -0.15) is 4.98 Å². The largest absolute Gasteiger partial charge is 0.496 e. The molecular formula is C15H21N3O2. The number of methoxy groups -OCH3 is 1. The number of hydrogen-bond acceptors (Lipinski definition) is 5. The Balaban J connectivity index is 2.17. The fraction of sp³-hybridized carbons (Fsp3) is 0.467. The van der Waals surface area contributed by atoms with E-state index in [0.717, 1.165) is 17.7 Å². The number of nitrogens with zero attached hydrogens (tertiary/aromatic N) is 2. The van der Waals surface area contributed by atoms with Gasteiger partial charge in [0.1, 0.15) is 5.75 Å². The number of rotatable bonds is 6.